The third-order valence-electron chi connectivity index (χ3n) is 4.03. The first-order valence-corrected chi connectivity index (χ1v) is 9.50. The summed E-state index contributed by atoms with van der Waals surface area (Å²) in [5, 5.41) is 7.03. The number of nitrogens with one attached hydrogen (secondary N) is 1. The van der Waals surface area contributed by atoms with Crippen LogP contribution in [0, 0.1) is 0 Å². The topological polar surface area (TPSA) is 28.2 Å². The zero-order valence-electron chi connectivity index (χ0n) is 12.5. The molecule has 1 N–H and O–H groups in total. The SMILES string of the molecule is CC1(C)CCN(Cc2csc(CNC3CC3)n2)CCS1. The molecule has 2 fully saturated rings. The Bertz CT molecular complexity index is 440. The third kappa shape index (κ3) is 4.45. The lowest BCUT2D eigenvalue weighted by atomic mass is 10.1. The summed E-state index contributed by atoms with van der Waals surface area (Å²) >= 11 is 3.92. The van der Waals surface area contributed by atoms with Gasteiger partial charge in [-0.25, -0.2) is 4.98 Å². The van der Waals surface area contributed by atoms with Crippen molar-refractivity contribution >= 4 is 23.1 Å². The molecule has 0 atom stereocenters. The van der Waals surface area contributed by atoms with Crippen molar-refractivity contribution in [2.24, 2.45) is 0 Å². The average Bonchev–Trinajstić information content (AvgIpc) is 3.15. The van der Waals surface area contributed by atoms with Crippen LogP contribution >= 0.6 is 23.1 Å². The molecular formula is C15H25N3S2. The summed E-state index contributed by atoms with van der Waals surface area (Å²) in [5.41, 5.74) is 1.26. The van der Waals surface area contributed by atoms with Crippen molar-refractivity contribution < 1.29 is 0 Å². The molecule has 1 aromatic rings. The van der Waals surface area contributed by atoms with Crippen molar-refractivity contribution in [2.45, 2.75) is 57.0 Å². The highest BCUT2D eigenvalue weighted by atomic mass is 32.2. The molecule has 1 saturated heterocycles. The van der Waals surface area contributed by atoms with Gasteiger partial charge < -0.3 is 5.32 Å². The maximum absolute atomic E-state index is 4.78. The van der Waals surface area contributed by atoms with Crippen LogP contribution in [-0.4, -0.2) is 39.5 Å². The fraction of sp³-hybridized carbons (Fsp3) is 0.800. The van der Waals surface area contributed by atoms with E-state index in [0.29, 0.717) is 4.75 Å². The number of thiazole rings is 1. The summed E-state index contributed by atoms with van der Waals surface area (Å²) in [6.45, 7) is 9.11. The van der Waals surface area contributed by atoms with E-state index in [1.807, 2.05) is 11.3 Å². The summed E-state index contributed by atoms with van der Waals surface area (Å²) in [4.78, 5) is 7.34. The van der Waals surface area contributed by atoms with E-state index in [0.717, 1.165) is 19.1 Å². The van der Waals surface area contributed by atoms with Crippen LogP contribution in [0.25, 0.3) is 0 Å². The Balaban J connectivity index is 1.49. The monoisotopic (exact) mass is 311 g/mol. The van der Waals surface area contributed by atoms with Crippen molar-refractivity contribution in [3.05, 3.63) is 16.1 Å². The van der Waals surface area contributed by atoms with Crippen molar-refractivity contribution in [1.29, 1.82) is 0 Å². The van der Waals surface area contributed by atoms with Crippen LogP contribution in [0.5, 0.6) is 0 Å². The van der Waals surface area contributed by atoms with Gasteiger partial charge in [0.1, 0.15) is 5.01 Å². The Labute approximate surface area is 130 Å². The highest BCUT2D eigenvalue weighted by Crippen LogP contribution is 2.31. The molecule has 1 aliphatic carbocycles. The minimum Gasteiger partial charge on any atom is -0.308 e. The summed E-state index contributed by atoms with van der Waals surface area (Å²) < 4.78 is 0.441. The Morgan fingerprint density at radius 2 is 2.25 bits per heavy atom. The van der Waals surface area contributed by atoms with Crippen molar-refractivity contribution in [3.63, 3.8) is 0 Å². The minimum atomic E-state index is 0.441. The first-order valence-electron chi connectivity index (χ1n) is 7.64. The smallest absolute Gasteiger partial charge is 0.107 e. The molecule has 3 nitrogen and oxygen atoms in total. The van der Waals surface area contributed by atoms with Crippen LogP contribution in [0.4, 0.5) is 0 Å². The fourth-order valence-corrected chi connectivity index (χ4v) is 4.35. The van der Waals surface area contributed by atoms with Gasteiger partial charge in [-0.15, -0.1) is 11.3 Å². The van der Waals surface area contributed by atoms with Gasteiger partial charge in [0, 0.05) is 41.6 Å². The predicted molar refractivity (Wildman–Crippen MR) is 88.4 cm³/mol. The molecular weight excluding hydrogens is 286 g/mol. The molecule has 1 aliphatic heterocycles. The van der Waals surface area contributed by atoms with Crippen LogP contribution in [0.15, 0.2) is 5.38 Å². The minimum absolute atomic E-state index is 0.441. The number of hydrogen-bond donors (Lipinski definition) is 1. The maximum atomic E-state index is 4.78. The molecule has 0 radical (unpaired) electrons. The van der Waals surface area contributed by atoms with E-state index in [1.54, 1.807) is 0 Å². The number of rotatable bonds is 5. The van der Waals surface area contributed by atoms with Gasteiger partial charge in [-0.3, -0.25) is 4.90 Å². The molecule has 20 heavy (non-hydrogen) atoms. The second-order valence-corrected chi connectivity index (χ2v) is 9.27. The van der Waals surface area contributed by atoms with Gasteiger partial charge in [0.05, 0.1) is 5.69 Å². The zero-order valence-corrected chi connectivity index (χ0v) is 14.2. The normalized spacial score (nSPS) is 23.7. The summed E-state index contributed by atoms with van der Waals surface area (Å²) in [6.07, 6.45) is 3.97. The average molecular weight is 312 g/mol. The largest absolute Gasteiger partial charge is 0.308 e. The van der Waals surface area contributed by atoms with Gasteiger partial charge in [-0.1, -0.05) is 13.8 Å². The first-order chi connectivity index (χ1) is 9.61. The van der Waals surface area contributed by atoms with Crippen LogP contribution in [0.3, 0.4) is 0 Å². The number of aromatic nitrogens is 1. The van der Waals surface area contributed by atoms with Crippen molar-refractivity contribution in [3.8, 4) is 0 Å². The quantitative estimate of drug-likeness (QED) is 0.904. The molecule has 2 aliphatic rings. The molecule has 112 valence electrons. The number of hydrogen-bond acceptors (Lipinski definition) is 5. The first kappa shape index (κ1) is 14.8. The molecule has 0 aromatic carbocycles. The molecule has 0 unspecified atom stereocenters. The standard InChI is InChI=1S/C15H25N3S2/c1-15(2)5-6-18(7-8-20-15)10-13-11-19-14(17-13)9-16-12-3-4-12/h11-12,16H,3-10H2,1-2H3. The van der Waals surface area contributed by atoms with Gasteiger partial charge in [0.15, 0.2) is 0 Å². The maximum Gasteiger partial charge on any atom is 0.107 e. The highest BCUT2D eigenvalue weighted by Gasteiger charge is 2.24. The van der Waals surface area contributed by atoms with Crippen LogP contribution in [0.1, 0.15) is 43.8 Å². The Hall–Kier alpha value is -0.100. The second kappa shape index (κ2) is 6.34. The number of nitrogens with zero attached hydrogens (tertiary/aromatic N) is 2. The zero-order chi connectivity index (χ0) is 14.0. The van der Waals surface area contributed by atoms with Gasteiger partial charge in [0.2, 0.25) is 0 Å². The molecule has 3 rings (SSSR count). The van der Waals surface area contributed by atoms with E-state index < -0.39 is 0 Å². The van der Waals surface area contributed by atoms with E-state index in [1.165, 1.54) is 48.8 Å². The molecule has 5 heteroatoms. The van der Waals surface area contributed by atoms with Gasteiger partial charge >= 0.3 is 0 Å². The third-order valence-corrected chi connectivity index (χ3v) is 6.30. The molecule has 0 amide bonds. The Kier molecular flexibility index (Phi) is 4.70. The van der Waals surface area contributed by atoms with Crippen LogP contribution in [-0.2, 0) is 13.1 Å². The highest BCUT2D eigenvalue weighted by molar-refractivity contribution is 8.00. The lowest BCUT2D eigenvalue weighted by Gasteiger charge is -2.22. The van der Waals surface area contributed by atoms with E-state index in [-0.39, 0.29) is 0 Å². The molecule has 1 saturated carbocycles. The molecule has 0 bridgehead atoms. The van der Waals surface area contributed by atoms with Crippen molar-refractivity contribution in [1.82, 2.24) is 15.2 Å². The van der Waals surface area contributed by atoms with E-state index in [4.69, 9.17) is 4.98 Å². The Morgan fingerprint density at radius 3 is 3.05 bits per heavy atom. The fourth-order valence-electron chi connectivity index (χ4n) is 2.47. The number of thioether (sulfide) groups is 1. The van der Waals surface area contributed by atoms with Gasteiger partial charge in [0.25, 0.3) is 0 Å². The summed E-state index contributed by atoms with van der Waals surface area (Å²) in [5.74, 6) is 1.24. The summed E-state index contributed by atoms with van der Waals surface area (Å²) in [6, 6.07) is 0.771. The summed E-state index contributed by atoms with van der Waals surface area (Å²) in [7, 11) is 0. The van der Waals surface area contributed by atoms with Gasteiger partial charge in [-0.2, -0.15) is 11.8 Å². The molecule has 0 spiro atoms. The lowest BCUT2D eigenvalue weighted by Crippen LogP contribution is -2.27. The van der Waals surface area contributed by atoms with Crippen molar-refractivity contribution in [2.75, 3.05) is 18.8 Å². The van der Waals surface area contributed by atoms with E-state index in [2.05, 4.69) is 41.2 Å². The van der Waals surface area contributed by atoms with Gasteiger partial charge in [-0.05, 0) is 25.8 Å². The predicted octanol–water partition coefficient (Wildman–Crippen LogP) is 3.11. The second-order valence-electron chi connectivity index (χ2n) is 6.52. The van der Waals surface area contributed by atoms with E-state index >= 15 is 0 Å². The lowest BCUT2D eigenvalue weighted by molar-refractivity contribution is 0.273. The van der Waals surface area contributed by atoms with Crippen LogP contribution in [0.2, 0.25) is 0 Å². The van der Waals surface area contributed by atoms with Crippen LogP contribution < -0.4 is 5.32 Å². The van der Waals surface area contributed by atoms with E-state index in [9.17, 15) is 0 Å². The molecule has 1 aromatic heterocycles. The Morgan fingerprint density at radius 1 is 1.40 bits per heavy atom. The molecule has 2 heterocycles.